The van der Waals surface area contributed by atoms with Gasteiger partial charge in [-0.3, -0.25) is 0 Å². The molecular formula is C7H12ClNO5. The van der Waals surface area contributed by atoms with Crippen LogP contribution in [0.3, 0.4) is 0 Å². The molecule has 0 fully saturated rings. The van der Waals surface area contributed by atoms with Crippen LogP contribution in [0.25, 0.3) is 0 Å². The fourth-order valence-electron chi connectivity index (χ4n) is 0.580. The largest absolute Gasteiger partial charge is 0.453 e. The number of nitrogens with one attached hydrogen (secondary N) is 1. The maximum Gasteiger partial charge on any atom is 0.406 e. The molecule has 0 saturated carbocycles. The van der Waals surface area contributed by atoms with E-state index in [1.807, 2.05) is 0 Å². The van der Waals surface area contributed by atoms with Gasteiger partial charge < -0.3 is 19.5 Å². The maximum absolute atomic E-state index is 10.5. The highest BCUT2D eigenvalue weighted by Crippen LogP contribution is 1.86. The average molecular weight is 226 g/mol. The molecule has 0 unspecified atom stereocenters. The third-order valence-corrected chi connectivity index (χ3v) is 1.25. The van der Waals surface area contributed by atoms with Gasteiger partial charge in [-0.15, -0.1) is 0 Å². The Labute approximate surface area is 86.4 Å². The molecule has 82 valence electrons. The monoisotopic (exact) mass is 225 g/mol. The Morgan fingerprint density at radius 3 is 2.57 bits per heavy atom. The van der Waals surface area contributed by atoms with E-state index in [1.165, 1.54) is 7.11 Å². The number of halogens is 1. The van der Waals surface area contributed by atoms with E-state index in [1.54, 1.807) is 0 Å². The third kappa shape index (κ3) is 9.08. The first-order valence-corrected chi connectivity index (χ1v) is 4.26. The average Bonchev–Trinajstić information content (AvgIpc) is 2.15. The van der Waals surface area contributed by atoms with Crippen molar-refractivity contribution in [1.82, 2.24) is 5.32 Å². The van der Waals surface area contributed by atoms with Crippen molar-refractivity contribution in [3.8, 4) is 0 Å². The topological polar surface area (TPSA) is 73.9 Å². The fourth-order valence-corrected chi connectivity index (χ4v) is 0.657. The summed E-state index contributed by atoms with van der Waals surface area (Å²) in [5.41, 5.74) is -0.860. The molecule has 14 heavy (non-hydrogen) atoms. The number of hydrogen-bond donors (Lipinski definition) is 1. The lowest BCUT2D eigenvalue weighted by molar-refractivity contribution is 0.0827. The smallest absolute Gasteiger partial charge is 0.406 e. The number of carbonyl (C=O) groups excluding carboxylic acids is 2. The number of ether oxygens (including phenoxy) is 3. The van der Waals surface area contributed by atoms with Crippen LogP contribution in [-0.4, -0.2) is 45.0 Å². The maximum atomic E-state index is 10.5. The van der Waals surface area contributed by atoms with Crippen LogP contribution in [0.15, 0.2) is 0 Å². The van der Waals surface area contributed by atoms with Crippen molar-refractivity contribution in [2.75, 3.05) is 33.5 Å². The number of hydrogen-bond acceptors (Lipinski definition) is 5. The van der Waals surface area contributed by atoms with E-state index in [2.05, 4.69) is 14.8 Å². The zero-order chi connectivity index (χ0) is 10.8. The molecule has 0 aromatic heterocycles. The van der Waals surface area contributed by atoms with E-state index < -0.39 is 11.5 Å². The molecule has 0 bridgehead atoms. The van der Waals surface area contributed by atoms with E-state index in [-0.39, 0.29) is 13.2 Å². The molecule has 6 nitrogen and oxygen atoms in total. The summed E-state index contributed by atoms with van der Waals surface area (Å²) in [6, 6.07) is 0. The molecule has 0 spiro atoms. The summed E-state index contributed by atoms with van der Waals surface area (Å²) >= 11 is 4.89. The summed E-state index contributed by atoms with van der Waals surface area (Å²) in [7, 11) is 1.27. The molecule has 0 atom stereocenters. The molecule has 0 heterocycles. The van der Waals surface area contributed by atoms with Gasteiger partial charge in [0.25, 0.3) is 0 Å². The Hall–Kier alpha value is -1.01. The zero-order valence-electron chi connectivity index (χ0n) is 7.75. The number of amides is 1. The molecule has 0 saturated heterocycles. The standard InChI is InChI=1S/C7H12ClNO5/c1-12-7(11)9-2-3-13-4-5-14-6(8)10/h2-5H2,1H3,(H,9,11). The van der Waals surface area contributed by atoms with Crippen LogP contribution >= 0.6 is 11.6 Å². The molecule has 0 aromatic carbocycles. The second-order valence-corrected chi connectivity index (χ2v) is 2.43. The molecule has 0 rings (SSSR count). The Morgan fingerprint density at radius 1 is 1.29 bits per heavy atom. The molecule has 0 aliphatic carbocycles. The number of rotatable bonds is 6. The highest BCUT2D eigenvalue weighted by Gasteiger charge is 1.97. The van der Waals surface area contributed by atoms with Gasteiger partial charge in [0.15, 0.2) is 0 Å². The predicted molar refractivity (Wildman–Crippen MR) is 48.4 cm³/mol. The normalized spacial score (nSPS) is 9.29. The Morgan fingerprint density at radius 2 is 2.00 bits per heavy atom. The summed E-state index contributed by atoms with van der Waals surface area (Å²) in [4.78, 5) is 20.6. The van der Waals surface area contributed by atoms with E-state index in [0.29, 0.717) is 13.2 Å². The van der Waals surface area contributed by atoms with Gasteiger partial charge >= 0.3 is 11.5 Å². The van der Waals surface area contributed by atoms with Crippen molar-refractivity contribution in [1.29, 1.82) is 0 Å². The molecule has 0 aliphatic heterocycles. The predicted octanol–water partition coefficient (Wildman–Crippen LogP) is 0.734. The SMILES string of the molecule is COC(=O)NCCOCCOC(=O)Cl. The van der Waals surface area contributed by atoms with Crippen LogP contribution in [0, 0.1) is 0 Å². The van der Waals surface area contributed by atoms with Gasteiger partial charge in [-0.25, -0.2) is 9.59 Å². The second-order valence-electron chi connectivity index (χ2n) is 2.12. The molecule has 0 aliphatic rings. The van der Waals surface area contributed by atoms with E-state index in [9.17, 15) is 9.59 Å². The van der Waals surface area contributed by atoms with Gasteiger partial charge in [0.2, 0.25) is 0 Å². The van der Waals surface area contributed by atoms with Gasteiger partial charge in [-0.2, -0.15) is 0 Å². The first-order chi connectivity index (χ1) is 6.66. The quantitative estimate of drug-likeness (QED) is 0.533. The van der Waals surface area contributed by atoms with Gasteiger partial charge in [-0.05, 0) is 0 Å². The lowest BCUT2D eigenvalue weighted by atomic mass is 10.7. The van der Waals surface area contributed by atoms with Crippen LogP contribution in [0.4, 0.5) is 9.59 Å². The molecule has 1 amide bonds. The molecular weight excluding hydrogens is 214 g/mol. The first kappa shape index (κ1) is 13.0. The molecule has 0 radical (unpaired) electrons. The lowest BCUT2D eigenvalue weighted by Gasteiger charge is -2.04. The van der Waals surface area contributed by atoms with Crippen LogP contribution in [0.1, 0.15) is 0 Å². The van der Waals surface area contributed by atoms with Gasteiger partial charge in [0, 0.05) is 18.1 Å². The minimum Gasteiger partial charge on any atom is -0.453 e. The molecule has 1 N–H and O–H groups in total. The second kappa shape index (κ2) is 8.58. The number of carbonyl (C=O) groups is 2. The molecule has 0 aromatic rings. The minimum absolute atomic E-state index is 0.0978. The van der Waals surface area contributed by atoms with Gasteiger partial charge in [-0.1, -0.05) is 0 Å². The van der Waals surface area contributed by atoms with Crippen molar-refractivity contribution < 1.29 is 23.8 Å². The summed E-state index contributed by atoms with van der Waals surface area (Å²) in [6.07, 6.45) is -0.513. The van der Waals surface area contributed by atoms with Crippen LogP contribution < -0.4 is 5.32 Å². The van der Waals surface area contributed by atoms with Crippen molar-refractivity contribution >= 4 is 23.1 Å². The highest BCUT2D eigenvalue weighted by molar-refractivity contribution is 6.61. The van der Waals surface area contributed by atoms with Crippen LogP contribution in [0.2, 0.25) is 0 Å². The minimum atomic E-state index is -0.860. The third-order valence-electron chi connectivity index (χ3n) is 1.14. The summed E-state index contributed by atoms with van der Waals surface area (Å²) in [5, 5.41) is 2.41. The fraction of sp³-hybridized carbons (Fsp3) is 0.714. The van der Waals surface area contributed by atoms with Crippen molar-refractivity contribution in [3.05, 3.63) is 0 Å². The molecule has 7 heteroatoms. The van der Waals surface area contributed by atoms with E-state index >= 15 is 0 Å². The number of alkyl carbamates (subject to hydrolysis) is 1. The summed E-state index contributed by atoms with van der Waals surface area (Å²) in [6.45, 7) is 0.984. The first-order valence-electron chi connectivity index (χ1n) is 3.88. The van der Waals surface area contributed by atoms with E-state index in [0.717, 1.165) is 0 Å². The van der Waals surface area contributed by atoms with Crippen molar-refractivity contribution in [3.63, 3.8) is 0 Å². The van der Waals surface area contributed by atoms with Crippen LogP contribution in [-0.2, 0) is 14.2 Å². The summed E-state index contributed by atoms with van der Waals surface area (Å²) < 4.78 is 13.7. The highest BCUT2D eigenvalue weighted by atomic mass is 35.5. The Bertz CT molecular complexity index is 187. The number of methoxy groups -OCH3 is 1. The van der Waals surface area contributed by atoms with Gasteiger partial charge in [0.1, 0.15) is 6.61 Å². The van der Waals surface area contributed by atoms with Crippen LogP contribution in [0.5, 0.6) is 0 Å². The van der Waals surface area contributed by atoms with E-state index in [4.69, 9.17) is 16.3 Å². The summed E-state index contributed by atoms with van der Waals surface area (Å²) in [5.74, 6) is 0. The van der Waals surface area contributed by atoms with Crippen molar-refractivity contribution in [2.45, 2.75) is 0 Å². The lowest BCUT2D eigenvalue weighted by Crippen LogP contribution is -2.27. The van der Waals surface area contributed by atoms with Gasteiger partial charge in [0.05, 0.1) is 20.3 Å². The Balaban J connectivity index is 3.06. The van der Waals surface area contributed by atoms with Crippen molar-refractivity contribution in [2.24, 2.45) is 0 Å². The Kier molecular flexibility index (Phi) is 7.96. The zero-order valence-corrected chi connectivity index (χ0v) is 8.50.